The van der Waals surface area contributed by atoms with E-state index in [1.807, 2.05) is 36.4 Å². The van der Waals surface area contributed by atoms with E-state index < -0.39 is 0 Å². The molecule has 0 saturated carbocycles. The molecule has 30 heavy (non-hydrogen) atoms. The predicted molar refractivity (Wildman–Crippen MR) is 121 cm³/mol. The molecule has 0 bridgehead atoms. The van der Waals surface area contributed by atoms with Crippen molar-refractivity contribution >= 4 is 35.8 Å². The van der Waals surface area contributed by atoms with Gasteiger partial charge in [0, 0.05) is 11.3 Å². The number of nitrogen functional groups attached to an aromatic ring is 2. The summed E-state index contributed by atoms with van der Waals surface area (Å²) in [5.41, 5.74) is 14.8. The van der Waals surface area contributed by atoms with E-state index in [0.29, 0.717) is 28.6 Å². The summed E-state index contributed by atoms with van der Waals surface area (Å²) < 4.78 is 14.8. The Balaban J connectivity index is 0.00000256. The summed E-state index contributed by atoms with van der Waals surface area (Å²) in [5, 5.41) is 8.71. The minimum absolute atomic E-state index is 0. The van der Waals surface area contributed by atoms with Gasteiger partial charge >= 0.3 is 0 Å². The maximum absolute atomic E-state index is 14.8. The van der Waals surface area contributed by atoms with Gasteiger partial charge in [-0.2, -0.15) is 0 Å². The monoisotopic (exact) mass is 440 g/mol. The molecule has 4 aromatic rings. The van der Waals surface area contributed by atoms with Crippen molar-refractivity contribution < 1.29 is 4.39 Å². The summed E-state index contributed by atoms with van der Waals surface area (Å²) in [6.45, 7) is 0. The fourth-order valence-electron chi connectivity index (χ4n) is 2.85. The second-order valence-corrected chi connectivity index (χ2v) is 7.26. The van der Waals surface area contributed by atoms with E-state index in [1.165, 1.54) is 18.5 Å². The molecule has 0 atom stereocenters. The van der Waals surface area contributed by atoms with Crippen LogP contribution >= 0.6 is 24.2 Å². The zero-order valence-corrected chi connectivity index (χ0v) is 17.3. The van der Waals surface area contributed by atoms with Gasteiger partial charge in [0.1, 0.15) is 22.5 Å². The van der Waals surface area contributed by atoms with E-state index in [-0.39, 0.29) is 18.2 Å². The van der Waals surface area contributed by atoms with Gasteiger partial charge in [0.25, 0.3) is 0 Å². The van der Waals surface area contributed by atoms with Gasteiger partial charge in [0.05, 0.1) is 18.1 Å². The molecule has 9 heteroatoms. The Kier molecular flexibility index (Phi) is 6.81. The van der Waals surface area contributed by atoms with Crippen molar-refractivity contribution in [3.05, 3.63) is 78.4 Å². The summed E-state index contributed by atoms with van der Waals surface area (Å²) in [5.74, 6) is 0.981. The standard InChI is InChI=1S/C21H17FN6S.ClH/c22-17-9-13(5-6-16(17)18-10-26-20(24)11-25-18)15-4-2-1-3-14(15)12-29-21-8-7-19(23)27-28-21;/h1-11H,12H2,(H2,23,27)(H2,24,26);1H. The molecule has 0 aliphatic heterocycles. The van der Waals surface area contributed by atoms with Crippen LogP contribution in [0.25, 0.3) is 22.4 Å². The molecule has 4 N–H and O–H groups in total. The molecule has 2 aromatic carbocycles. The van der Waals surface area contributed by atoms with Crippen LogP contribution in [0.2, 0.25) is 0 Å². The highest BCUT2D eigenvalue weighted by Gasteiger charge is 2.12. The minimum Gasteiger partial charge on any atom is -0.382 e. The first-order chi connectivity index (χ1) is 14.1. The average Bonchev–Trinajstić information content (AvgIpc) is 2.74. The maximum Gasteiger partial charge on any atom is 0.146 e. The van der Waals surface area contributed by atoms with E-state index in [0.717, 1.165) is 21.7 Å². The SMILES string of the molecule is Cl.Nc1cnc(-c2ccc(-c3ccccc3CSc3ccc(N)nn3)cc2F)cn1. The van der Waals surface area contributed by atoms with Gasteiger partial charge in [-0.1, -0.05) is 42.1 Å². The molecule has 6 nitrogen and oxygen atoms in total. The highest BCUT2D eigenvalue weighted by molar-refractivity contribution is 7.98. The van der Waals surface area contributed by atoms with Crippen molar-refractivity contribution in [2.24, 2.45) is 0 Å². The smallest absolute Gasteiger partial charge is 0.146 e. The molecule has 2 heterocycles. The Labute approximate surface area is 183 Å². The third kappa shape index (κ3) is 4.84. The minimum atomic E-state index is -0.367. The number of hydrogen-bond donors (Lipinski definition) is 2. The lowest BCUT2D eigenvalue weighted by Crippen LogP contribution is -1.95. The fraction of sp³-hybridized carbons (Fsp3) is 0.0476. The molecule has 0 saturated heterocycles. The largest absolute Gasteiger partial charge is 0.382 e. The van der Waals surface area contributed by atoms with Crippen LogP contribution in [0.4, 0.5) is 16.0 Å². The summed E-state index contributed by atoms with van der Waals surface area (Å²) in [6, 6.07) is 16.5. The lowest BCUT2D eigenvalue weighted by molar-refractivity contribution is 0.631. The van der Waals surface area contributed by atoms with Crippen molar-refractivity contribution in [1.29, 1.82) is 0 Å². The lowest BCUT2D eigenvalue weighted by atomic mass is 9.98. The number of anilines is 2. The zero-order valence-electron chi connectivity index (χ0n) is 15.7. The molecule has 0 spiro atoms. The van der Waals surface area contributed by atoms with Crippen molar-refractivity contribution in [3.63, 3.8) is 0 Å². The van der Waals surface area contributed by atoms with Crippen molar-refractivity contribution in [3.8, 4) is 22.4 Å². The number of hydrogen-bond acceptors (Lipinski definition) is 7. The molecule has 0 unspecified atom stereocenters. The lowest BCUT2D eigenvalue weighted by Gasteiger charge is -2.11. The number of nitrogens with two attached hydrogens (primary N) is 2. The van der Waals surface area contributed by atoms with E-state index in [4.69, 9.17) is 11.5 Å². The molecular formula is C21H18ClFN6S. The van der Waals surface area contributed by atoms with Gasteiger partial charge in [-0.25, -0.2) is 9.37 Å². The summed E-state index contributed by atoms with van der Waals surface area (Å²) in [6.07, 6.45) is 2.88. The van der Waals surface area contributed by atoms with Crippen molar-refractivity contribution in [2.45, 2.75) is 10.8 Å². The van der Waals surface area contributed by atoms with Gasteiger partial charge in [-0.3, -0.25) is 4.98 Å². The van der Waals surface area contributed by atoms with Crippen molar-refractivity contribution in [1.82, 2.24) is 20.2 Å². The Hall–Kier alpha value is -3.23. The first kappa shape index (κ1) is 21.5. The third-order valence-electron chi connectivity index (χ3n) is 4.28. The van der Waals surface area contributed by atoms with Crippen LogP contribution in [0.3, 0.4) is 0 Å². The zero-order chi connectivity index (χ0) is 20.2. The third-order valence-corrected chi connectivity index (χ3v) is 5.25. The normalized spacial score (nSPS) is 10.4. The Bertz CT molecular complexity index is 1140. The topological polar surface area (TPSA) is 104 Å². The van der Waals surface area contributed by atoms with Crippen LogP contribution in [-0.2, 0) is 5.75 Å². The van der Waals surface area contributed by atoms with Crippen LogP contribution in [0, 0.1) is 5.82 Å². The fourth-order valence-corrected chi connectivity index (χ4v) is 3.67. The van der Waals surface area contributed by atoms with Crippen LogP contribution in [0.1, 0.15) is 5.56 Å². The second kappa shape index (κ2) is 9.51. The summed E-state index contributed by atoms with van der Waals surface area (Å²) >= 11 is 1.54. The number of rotatable bonds is 5. The summed E-state index contributed by atoms with van der Waals surface area (Å²) in [4.78, 5) is 8.12. The molecule has 0 aliphatic carbocycles. The van der Waals surface area contributed by atoms with E-state index in [1.54, 1.807) is 23.9 Å². The Morgan fingerprint density at radius 2 is 1.67 bits per heavy atom. The second-order valence-electron chi connectivity index (χ2n) is 6.26. The molecule has 0 amide bonds. The molecule has 0 aliphatic rings. The number of thioether (sulfide) groups is 1. The molecule has 0 radical (unpaired) electrons. The maximum atomic E-state index is 14.8. The van der Waals surface area contributed by atoms with Gasteiger partial charge in [0.15, 0.2) is 0 Å². The van der Waals surface area contributed by atoms with E-state index in [2.05, 4.69) is 20.2 Å². The predicted octanol–water partition coefficient (Wildman–Crippen LogP) is 4.62. The number of halogens is 2. The molecular weight excluding hydrogens is 423 g/mol. The van der Waals surface area contributed by atoms with Crippen LogP contribution in [-0.4, -0.2) is 20.2 Å². The highest BCUT2D eigenvalue weighted by atomic mass is 35.5. The quantitative estimate of drug-likeness (QED) is 0.436. The first-order valence-corrected chi connectivity index (χ1v) is 9.76. The number of benzene rings is 2. The Morgan fingerprint density at radius 3 is 2.37 bits per heavy atom. The van der Waals surface area contributed by atoms with Gasteiger partial charge in [0.2, 0.25) is 0 Å². The van der Waals surface area contributed by atoms with Crippen molar-refractivity contribution in [2.75, 3.05) is 11.5 Å². The van der Waals surface area contributed by atoms with Gasteiger partial charge in [-0.05, 0) is 41.0 Å². The number of nitrogens with zero attached hydrogens (tertiary/aromatic N) is 4. The molecule has 4 rings (SSSR count). The molecule has 0 fully saturated rings. The van der Waals surface area contributed by atoms with E-state index >= 15 is 0 Å². The highest BCUT2D eigenvalue weighted by Crippen LogP contribution is 2.32. The van der Waals surface area contributed by atoms with Gasteiger partial charge < -0.3 is 11.5 Å². The van der Waals surface area contributed by atoms with Gasteiger partial charge in [-0.15, -0.1) is 22.6 Å². The van der Waals surface area contributed by atoms with E-state index in [9.17, 15) is 4.39 Å². The molecule has 152 valence electrons. The average molecular weight is 441 g/mol. The summed E-state index contributed by atoms with van der Waals surface area (Å²) in [7, 11) is 0. The van der Waals surface area contributed by atoms with Crippen LogP contribution < -0.4 is 11.5 Å². The first-order valence-electron chi connectivity index (χ1n) is 8.78. The number of aromatic nitrogens is 4. The molecule has 2 aromatic heterocycles. The van der Waals surface area contributed by atoms with Crippen LogP contribution in [0.5, 0.6) is 0 Å². The van der Waals surface area contributed by atoms with Crippen LogP contribution in [0.15, 0.2) is 72.0 Å². The Morgan fingerprint density at radius 1 is 0.833 bits per heavy atom.